The molecular formula is C20H22N6O5S2. The molecule has 0 fully saturated rings. The normalized spacial score (nSPS) is 13.4. The molecule has 1 aliphatic heterocycles. The van der Waals surface area contributed by atoms with E-state index in [4.69, 9.17) is 9.26 Å². The fourth-order valence-electron chi connectivity index (χ4n) is 3.24. The molecule has 3 aromatic heterocycles. The zero-order chi connectivity index (χ0) is 23.4. The molecule has 2 N–H and O–H groups in total. The molecule has 33 heavy (non-hydrogen) atoms. The minimum atomic E-state index is -0.375. The number of esters is 1. The van der Waals surface area contributed by atoms with E-state index in [-0.39, 0.29) is 36.4 Å². The van der Waals surface area contributed by atoms with Crippen LogP contribution in [0, 0.1) is 6.92 Å². The van der Waals surface area contributed by atoms with Gasteiger partial charge in [-0.25, -0.2) is 9.97 Å². The first-order valence-corrected chi connectivity index (χ1v) is 11.9. The molecule has 0 saturated heterocycles. The van der Waals surface area contributed by atoms with Crippen LogP contribution in [0.5, 0.6) is 0 Å². The summed E-state index contributed by atoms with van der Waals surface area (Å²) in [6.45, 7) is 5.21. The highest BCUT2D eigenvalue weighted by Gasteiger charge is 2.24. The van der Waals surface area contributed by atoms with E-state index < -0.39 is 0 Å². The summed E-state index contributed by atoms with van der Waals surface area (Å²) >= 11 is 2.65. The molecule has 2 amide bonds. The number of aryl methyl sites for hydroxylation is 1. The number of fused-ring (bicyclic) bond motifs is 1. The predicted molar refractivity (Wildman–Crippen MR) is 121 cm³/mol. The van der Waals surface area contributed by atoms with Crippen molar-refractivity contribution in [1.82, 2.24) is 20.0 Å². The molecule has 0 saturated carbocycles. The van der Waals surface area contributed by atoms with Crippen LogP contribution in [0.1, 0.15) is 39.4 Å². The van der Waals surface area contributed by atoms with Crippen LogP contribution in [-0.2, 0) is 33.7 Å². The number of nitrogens with one attached hydrogen (secondary N) is 2. The number of hydrogen-bond donors (Lipinski definition) is 2. The van der Waals surface area contributed by atoms with Gasteiger partial charge in [-0.2, -0.15) is 0 Å². The van der Waals surface area contributed by atoms with E-state index in [1.165, 1.54) is 22.7 Å². The predicted octanol–water partition coefficient (Wildman–Crippen LogP) is 2.25. The summed E-state index contributed by atoms with van der Waals surface area (Å²) < 4.78 is 9.84. The Labute approximate surface area is 197 Å². The summed E-state index contributed by atoms with van der Waals surface area (Å²) in [6.07, 6.45) is 0.759. The lowest BCUT2D eigenvalue weighted by molar-refractivity contribution is -0.142. The Hall–Kier alpha value is -3.16. The lowest BCUT2D eigenvalue weighted by Gasteiger charge is -2.24. The van der Waals surface area contributed by atoms with Crippen LogP contribution in [0.4, 0.5) is 10.3 Å². The summed E-state index contributed by atoms with van der Waals surface area (Å²) in [4.78, 5) is 48.1. The smallest absolute Gasteiger partial charge is 0.311 e. The number of nitrogens with zero attached hydrogens (tertiary/aromatic N) is 4. The molecule has 3 aromatic rings. The number of carbonyl (C=O) groups excluding carboxylic acids is 3. The Morgan fingerprint density at radius 1 is 1.24 bits per heavy atom. The van der Waals surface area contributed by atoms with Crippen molar-refractivity contribution >= 4 is 50.7 Å². The van der Waals surface area contributed by atoms with Gasteiger partial charge in [0.15, 0.2) is 16.0 Å². The highest BCUT2D eigenvalue weighted by molar-refractivity contribution is 7.16. The van der Waals surface area contributed by atoms with Crippen LogP contribution in [-0.4, -0.2) is 57.5 Å². The standard InChI is InChI=1S/C20H22N6O5S2/c1-3-30-17(28)7-12-10-32-19(21-12)23-16(27)9-26-5-4-13-15(8-26)33-20(22-13)24-18(29)14-6-11(2)31-25-14/h6,10H,3-5,7-9H2,1-2H3,(H,21,23,27)(H,22,24,29). The Bertz CT molecular complexity index is 1170. The van der Waals surface area contributed by atoms with Crippen molar-refractivity contribution in [3.63, 3.8) is 0 Å². The maximum absolute atomic E-state index is 12.5. The molecule has 13 heteroatoms. The van der Waals surface area contributed by atoms with Crippen LogP contribution in [0.3, 0.4) is 0 Å². The average Bonchev–Trinajstić information content (AvgIpc) is 3.47. The molecule has 11 nitrogen and oxygen atoms in total. The van der Waals surface area contributed by atoms with E-state index >= 15 is 0 Å². The minimum absolute atomic E-state index is 0.0790. The van der Waals surface area contributed by atoms with Gasteiger partial charge in [0.2, 0.25) is 5.91 Å². The van der Waals surface area contributed by atoms with Crippen molar-refractivity contribution in [1.29, 1.82) is 0 Å². The van der Waals surface area contributed by atoms with Crippen molar-refractivity contribution in [2.75, 3.05) is 30.3 Å². The second kappa shape index (κ2) is 10.2. The number of carbonyl (C=O) groups is 3. The molecule has 1 aliphatic rings. The number of aromatic nitrogens is 3. The van der Waals surface area contributed by atoms with Crippen LogP contribution < -0.4 is 10.6 Å². The van der Waals surface area contributed by atoms with Gasteiger partial charge in [-0.15, -0.1) is 22.7 Å². The van der Waals surface area contributed by atoms with E-state index in [1.54, 1.807) is 25.3 Å². The number of anilines is 2. The fraction of sp³-hybridized carbons (Fsp3) is 0.400. The number of ether oxygens (including phenoxy) is 1. The monoisotopic (exact) mass is 490 g/mol. The Balaban J connectivity index is 1.28. The van der Waals surface area contributed by atoms with Crippen LogP contribution >= 0.6 is 22.7 Å². The molecule has 0 atom stereocenters. The van der Waals surface area contributed by atoms with E-state index in [1.807, 2.05) is 4.90 Å². The van der Waals surface area contributed by atoms with Crippen molar-refractivity contribution in [3.05, 3.63) is 39.2 Å². The summed E-state index contributed by atoms with van der Waals surface area (Å²) in [6, 6.07) is 1.56. The van der Waals surface area contributed by atoms with Crippen molar-refractivity contribution in [2.24, 2.45) is 0 Å². The molecule has 0 aliphatic carbocycles. The molecule has 0 bridgehead atoms. The lowest BCUT2D eigenvalue weighted by Crippen LogP contribution is -2.36. The molecule has 4 rings (SSSR count). The third-order valence-electron chi connectivity index (χ3n) is 4.69. The summed E-state index contributed by atoms with van der Waals surface area (Å²) in [7, 11) is 0. The maximum atomic E-state index is 12.5. The van der Waals surface area contributed by atoms with E-state index in [9.17, 15) is 14.4 Å². The number of hydrogen-bond acceptors (Lipinski definition) is 11. The van der Waals surface area contributed by atoms with Crippen LogP contribution in [0.15, 0.2) is 16.0 Å². The highest BCUT2D eigenvalue weighted by atomic mass is 32.1. The van der Waals surface area contributed by atoms with Gasteiger partial charge >= 0.3 is 5.97 Å². The van der Waals surface area contributed by atoms with E-state index in [2.05, 4.69) is 25.8 Å². The van der Waals surface area contributed by atoms with E-state index in [0.717, 1.165) is 10.6 Å². The topological polar surface area (TPSA) is 140 Å². The van der Waals surface area contributed by atoms with Gasteiger partial charge in [0.05, 0.1) is 31.0 Å². The van der Waals surface area contributed by atoms with Crippen LogP contribution in [0.25, 0.3) is 0 Å². The minimum Gasteiger partial charge on any atom is -0.466 e. The highest BCUT2D eigenvalue weighted by Crippen LogP contribution is 2.28. The molecule has 174 valence electrons. The van der Waals surface area contributed by atoms with Crippen molar-refractivity contribution in [2.45, 2.75) is 33.2 Å². The Morgan fingerprint density at radius 2 is 2.09 bits per heavy atom. The summed E-state index contributed by atoms with van der Waals surface area (Å²) in [5.41, 5.74) is 1.69. The summed E-state index contributed by atoms with van der Waals surface area (Å²) in [5.74, 6) is -0.351. The van der Waals surface area contributed by atoms with Crippen LogP contribution in [0.2, 0.25) is 0 Å². The number of thiazole rings is 2. The van der Waals surface area contributed by atoms with Gasteiger partial charge in [-0.3, -0.25) is 24.6 Å². The van der Waals surface area contributed by atoms with Gasteiger partial charge in [0, 0.05) is 35.8 Å². The van der Waals surface area contributed by atoms with Gasteiger partial charge < -0.3 is 14.6 Å². The second-order valence-electron chi connectivity index (χ2n) is 7.30. The second-order valence-corrected chi connectivity index (χ2v) is 9.24. The lowest BCUT2D eigenvalue weighted by atomic mass is 10.2. The molecular weight excluding hydrogens is 468 g/mol. The quantitative estimate of drug-likeness (QED) is 0.455. The third-order valence-corrected chi connectivity index (χ3v) is 6.49. The largest absolute Gasteiger partial charge is 0.466 e. The zero-order valence-electron chi connectivity index (χ0n) is 18.0. The number of amides is 2. The first-order valence-electron chi connectivity index (χ1n) is 10.2. The van der Waals surface area contributed by atoms with Gasteiger partial charge in [-0.05, 0) is 13.8 Å². The van der Waals surface area contributed by atoms with Gasteiger partial charge in [0.1, 0.15) is 5.76 Å². The van der Waals surface area contributed by atoms with E-state index in [0.29, 0.717) is 47.8 Å². The maximum Gasteiger partial charge on any atom is 0.311 e. The first kappa shape index (κ1) is 23.0. The third kappa shape index (κ3) is 6.00. The van der Waals surface area contributed by atoms with Crippen molar-refractivity contribution < 1.29 is 23.6 Å². The first-order chi connectivity index (χ1) is 15.9. The molecule has 0 aromatic carbocycles. The fourth-order valence-corrected chi connectivity index (χ4v) is 5.01. The van der Waals surface area contributed by atoms with Crippen molar-refractivity contribution in [3.8, 4) is 0 Å². The average molecular weight is 491 g/mol. The molecule has 4 heterocycles. The van der Waals surface area contributed by atoms with Gasteiger partial charge in [-0.1, -0.05) is 5.16 Å². The molecule has 0 spiro atoms. The molecule has 0 unspecified atom stereocenters. The summed E-state index contributed by atoms with van der Waals surface area (Å²) in [5, 5.41) is 11.9. The van der Waals surface area contributed by atoms with Gasteiger partial charge in [0.25, 0.3) is 5.91 Å². The Kier molecular flexibility index (Phi) is 7.11. The zero-order valence-corrected chi connectivity index (χ0v) is 19.7. The molecule has 0 radical (unpaired) electrons. The number of rotatable bonds is 8. The SMILES string of the molecule is CCOC(=O)Cc1csc(NC(=O)CN2CCc3nc(NC(=O)c4cc(C)on4)sc3C2)n1. The Morgan fingerprint density at radius 3 is 2.85 bits per heavy atom.